The van der Waals surface area contributed by atoms with Crippen LogP contribution in [0.3, 0.4) is 0 Å². The minimum absolute atomic E-state index is 0.0216. The summed E-state index contributed by atoms with van der Waals surface area (Å²) in [4.78, 5) is 10.8. The van der Waals surface area contributed by atoms with Crippen LogP contribution in [-0.2, 0) is 14.8 Å². The number of sulfonamides is 1. The molecule has 0 saturated heterocycles. The van der Waals surface area contributed by atoms with Crippen LogP contribution in [0.15, 0.2) is 29.2 Å². The van der Waals surface area contributed by atoms with E-state index in [0.29, 0.717) is 5.69 Å². The number of benzene rings is 1. The van der Waals surface area contributed by atoms with E-state index in [0.717, 1.165) is 0 Å². The van der Waals surface area contributed by atoms with Gasteiger partial charge in [0.05, 0.1) is 11.0 Å². The third-order valence-electron chi connectivity index (χ3n) is 2.48. The van der Waals surface area contributed by atoms with Crippen molar-refractivity contribution in [3.63, 3.8) is 0 Å². The van der Waals surface area contributed by atoms with Gasteiger partial charge < -0.3 is 20.8 Å². The number of hydrogen-bond acceptors (Lipinski definition) is 5. The highest BCUT2D eigenvalue weighted by Gasteiger charge is 2.23. The van der Waals surface area contributed by atoms with Crippen LogP contribution in [0, 0.1) is 0 Å². The molecule has 0 saturated carbocycles. The zero-order chi connectivity index (χ0) is 16.2. The summed E-state index contributed by atoms with van der Waals surface area (Å²) in [6, 6.07) is 4.15. The molecule has 0 aromatic heterocycles. The van der Waals surface area contributed by atoms with E-state index in [1.165, 1.54) is 31.2 Å². The molecule has 21 heavy (non-hydrogen) atoms. The highest BCUT2D eigenvalue weighted by Crippen LogP contribution is 2.12. The van der Waals surface area contributed by atoms with Crippen molar-refractivity contribution in [1.29, 1.82) is 0 Å². The summed E-state index contributed by atoms with van der Waals surface area (Å²) >= 11 is 4.92. The first-order valence-corrected chi connectivity index (χ1v) is 7.68. The van der Waals surface area contributed by atoms with Crippen molar-refractivity contribution in [2.75, 3.05) is 5.32 Å². The number of thiocarbonyl (C=S) groups is 1. The summed E-state index contributed by atoms with van der Waals surface area (Å²) in [6.07, 6.45) is -1.15. The van der Waals surface area contributed by atoms with Crippen molar-refractivity contribution in [3.8, 4) is 0 Å². The van der Waals surface area contributed by atoms with Crippen LogP contribution in [0.25, 0.3) is 0 Å². The Bertz CT molecular complexity index is 628. The monoisotopic (exact) mass is 333 g/mol. The highest BCUT2D eigenvalue weighted by atomic mass is 32.2. The number of carboxylic acid groups (broad SMARTS) is 1. The first kappa shape index (κ1) is 17.3. The van der Waals surface area contributed by atoms with E-state index in [-0.39, 0.29) is 10.0 Å². The van der Waals surface area contributed by atoms with Crippen LogP contribution < -0.4 is 15.8 Å². The molecule has 2 atom stereocenters. The molecule has 0 bridgehead atoms. The summed E-state index contributed by atoms with van der Waals surface area (Å²) < 4.78 is 22.2. The summed E-state index contributed by atoms with van der Waals surface area (Å²) in [6.45, 7) is 1.31. The van der Waals surface area contributed by atoms with Crippen LogP contribution in [0.2, 0.25) is 0 Å². The first-order valence-electron chi connectivity index (χ1n) is 5.72. The van der Waals surface area contributed by atoms with Crippen LogP contribution in [0.4, 0.5) is 5.69 Å². The lowest BCUT2D eigenvalue weighted by Crippen LogP contribution is -2.49. The lowest BCUT2D eigenvalue weighted by Gasteiger charge is -2.19. The van der Waals surface area contributed by atoms with E-state index in [9.17, 15) is 18.3 Å². The van der Waals surface area contributed by atoms with Gasteiger partial charge in [-0.15, -0.1) is 0 Å². The van der Waals surface area contributed by atoms with Crippen molar-refractivity contribution in [3.05, 3.63) is 24.3 Å². The number of aliphatic carboxylic acids is 1. The molecule has 1 aromatic carbocycles. The third-order valence-corrected chi connectivity index (χ3v) is 3.62. The predicted octanol–water partition coefficient (Wildman–Crippen LogP) is -0.546. The summed E-state index contributed by atoms with van der Waals surface area (Å²) in [5, 5.41) is 28.3. The molecule has 0 aliphatic carbocycles. The standard InChI is InChI=1S/C11H15N3O5S2/c1-6(15)9(10(16)17)14-11(20)13-7-2-4-8(5-3-7)21(12,18)19/h2-6,9,15H,1H3,(H,16,17)(H2,12,18,19)(H2,13,14,20)/t6-,9+/m1/s1. The molecular formula is C11H15N3O5S2. The van der Waals surface area contributed by atoms with Gasteiger partial charge in [-0.3, -0.25) is 0 Å². The zero-order valence-electron chi connectivity index (χ0n) is 11.0. The molecule has 0 amide bonds. The highest BCUT2D eigenvalue weighted by molar-refractivity contribution is 7.89. The second-order valence-corrected chi connectivity index (χ2v) is 6.19. The fourth-order valence-corrected chi connectivity index (χ4v) is 2.19. The molecule has 0 aliphatic rings. The van der Waals surface area contributed by atoms with Gasteiger partial charge in [0.25, 0.3) is 0 Å². The average Bonchev–Trinajstić information content (AvgIpc) is 2.34. The van der Waals surface area contributed by atoms with Gasteiger partial charge >= 0.3 is 5.97 Å². The Hall–Kier alpha value is -1.75. The Morgan fingerprint density at radius 2 is 1.86 bits per heavy atom. The van der Waals surface area contributed by atoms with E-state index in [4.69, 9.17) is 22.5 Å². The fraction of sp³-hybridized carbons (Fsp3) is 0.273. The van der Waals surface area contributed by atoms with Crippen molar-refractivity contribution in [2.45, 2.75) is 24.0 Å². The number of carboxylic acids is 1. The van der Waals surface area contributed by atoms with Gasteiger partial charge in [-0.1, -0.05) is 0 Å². The van der Waals surface area contributed by atoms with Gasteiger partial charge in [-0.2, -0.15) is 0 Å². The lowest BCUT2D eigenvalue weighted by atomic mass is 10.2. The Balaban J connectivity index is 2.73. The zero-order valence-corrected chi connectivity index (χ0v) is 12.6. The molecule has 0 fully saturated rings. The average molecular weight is 333 g/mol. The molecule has 0 radical (unpaired) electrons. The minimum atomic E-state index is -3.78. The summed E-state index contributed by atoms with van der Waals surface area (Å²) in [7, 11) is -3.78. The summed E-state index contributed by atoms with van der Waals surface area (Å²) in [5.74, 6) is -1.25. The smallest absolute Gasteiger partial charge is 0.328 e. The molecule has 0 spiro atoms. The van der Waals surface area contributed by atoms with Gasteiger partial charge in [0, 0.05) is 5.69 Å². The lowest BCUT2D eigenvalue weighted by molar-refractivity contribution is -0.141. The van der Waals surface area contributed by atoms with Gasteiger partial charge in [0.2, 0.25) is 10.0 Å². The van der Waals surface area contributed by atoms with E-state index in [1.807, 2.05) is 0 Å². The molecule has 1 aromatic rings. The van der Waals surface area contributed by atoms with Crippen LogP contribution in [0.1, 0.15) is 6.92 Å². The van der Waals surface area contributed by atoms with E-state index in [2.05, 4.69) is 10.6 Å². The number of nitrogens with two attached hydrogens (primary N) is 1. The Morgan fingerprint density at radius 1 is 1.33 bits per heavy atom. The SMILES string of the molecule is C[C@@H](O)[C@H](NC(=S)Nc1ccc(S(N)(=O)=O)cc1)C(=O)O. The maximum atomic E-state index is 11.1. The molecule has 0 aliphatic heterocycles. The number of nitrogens with one attached hydrogen (secondary N) is 2. The molecule has 8 nitrogen and oxygen atoms in total. The van der Waals surface area contributed by atoms with E-state index < -0.39 is 28.1 Å². The number of rotatable bonds is 5. The number of anilines is 1. The van der Waals surface area contributed by atoms with Crippen molar-refractivity contribution in [1.82, 2.24) is 5.32 Å². The van der Waals surface area contributed by atoms with E-state index >= 15 is 0 Å². The Labute approximate surface area is 127 Å². The molecule has 6 N–H and O–H groups in total. The normalized spacial score (nSPS) is 14.0. The quantitative estimate of drug-likeness (QED) is 0.452. The molecule has 116 valence electrons. The maximum absolute atomic E-state index is 11.1. The molecule has 0 heterocycles. The van der Waals surface area contributed by atoms with E-state index in [1.54, 1.807) is 0 Å². The molecule has 0 unspecified atom stereocenters. The second-order valence-electron chi connectivity index (χ2n) is 4.22. The van der Waals surface area contributed by atoms with Crippen molar-refractivity contribution >= 4 is 39.0 Å². The second kappa shape index (κ2) is 6.80. The van der Waals surface area contributed by atoms with Crippen molar-refractivity contribution < 1.29 is 23.4 Å². The van der Waals surface area contributed by atoms with Gasteiger partial charge in [0.1, 0.15) is 0 Å². The largest absolute Gasteiger partial charge is 0.480 e. The number of aliphatic hydroxyl groups is 1. The van der Waals surface area contributed by atoms with Gasteiger partial charge in [-0.25, -0.2) is 18.4 Å². The van der Waals surface area contributed by atoms with Gasteiger partial charge in [0.15, 0.2) is 11.2 Å². The number of aliphatic hydroxyl groups excluding tert-OH is 1. The Morgan fingerprint density at radius 3 is 2.24 bits per heavy atom. The summed E-state index contributed by atoms with van der Waals surface area (Å²) in [5.41, 5.74) is 0.439. The van der Waals surface area contributed by atoms with Crippen LogP contribution in [0.5, 0.6) is 0 Å². The first-order chi connectivity index (χ1) is 9.61. The number of primary sulfonamides is 1. The van der Waals surface area contributed by atoms with Gasteiger partial charge in [-0.05, 0) is 43.4 Å². The Kier molecular flexibility index (Phi) is 5.61. The number of carbonyl (C=O) groups is 1. The third kappa shape index (κ3) is 5.27. The number of hydrogen-bond donors (Lipinski definition) is 5. The van der Waals surface area contributed by atoms with Crippen LogP contribution >= 0.6 is 12.2 Å². The van der Waals surface area contributed by atoms with Crippen LogP contribution in [-0.4, -0.2) is 41.9 Å². The molecule has 1 rings (SSSR count). The topological polar surface area (TPSA) is 142 Å². The molecular weight excluding hydrogens is 318 g/mol. The van der Waals surface area contributed by atoms with Crippen molar-refractivity contribution in [2.24, 2.45) is 5.14 Å². The fourth-order valence-electron chi connectivity index (χ4n) is 1.43. The minimum Gasteiger partial charge on any atom is -0.480 e. The predicted molar refractivity (Wildman–Crippen MR) is 80.3 cm³/mol. The maximum Gasteiger partial charge on any atom is 0.328 e. The molecule has 10 heteroatoms.